The Morgan fingerprint density at radius 2 is 1.09 bits per heavy atom. The number of aromatic hydroxyl groups is 2. The number of thioether (sulfide) groups is 2. The lowest BCUT2D eigenvalue weighted by atomic mass is 9.83. The standard InChI is InChI=1S/C78H105N15O17S2/c1-7-14-53-68(101)86-58-37-61(99)80-30-13-20-54(69(102)91-62(42(2)94)74(107)87-57(71(104)83-53)36-49-38-82-67-52(49)19-12-31-81-67)84-70(103)55(34-44-21-25-50(96)26-22-44)88-77(110)65(78(4,5)6)90-60(98)29-32-111-39-46-15-11-16-47(33-46)40-112-41-59(66(79)100)89-75(108)63(43(3)95)92-76(109)64(48-17-9-8-10-18-48)93-73(106)56(85-72(58)105)35-45-23-27-51(97)28-24-45/h11-12,15-16,19,21-28,31,33,38,42-43,48,53-59,62-65,94-97H,7-10,13-14,17-18,20,29-30,32,34-37,39-41H2,1-6H3,(H2,79,100)(H,80,99)(H,81,82)(H,83,104)(H,84,103)(H,85,105)(H,86,101)(H,87,107)(H,88,110)(H,89,108)(H,90,98)(H,91,102)(H,92,109)(H,93,106)/t42-,43-,53+,54+,55+,56+,57+,58-,59+,62+,63+,64+,65-/m1/s1. The van der Waals surface area contributed by atoms with E-state index in [0.717, 1.165) is 17.5 Å². The van der Waals surface area contributed by atoms with E-state index in [-0.39, 0.29) is 75.2 Å². The number of nitrogens with two attached hydrogens (primary N) is 1. The second-order valence-electron chi connectivity index (χ2n) is 29.8. The van der Waals surface area contributed by atoms with E-state index < -0.39 is 173 Å². The maximum absolute atomic E-state index is 15.3. The van der Waals surface area contributed by atoms with Gasteiger partial charge < -0.3 is 94.9 Å². The molecule has 32 nitrogen and oxygen atoms in total. The third kappa shape index (κ3) is 26.1. The minimum absolute atomic E-state index is 0.0343. The summed E-state index contributed by atoms with van der Waals surface area (Å²) in [5, 5.41) is 75.8. The van der Waals surface area contributed by atoms with Crippen LogP contribution in [-0.2, 0) is 93.1 Å². The average molecular weight is 1590 g/mol. The predicted octanol–water partition coefficient (Wildman–Crippen LogP) is 0.879. The number of phenols is 2. The van der Waals surface area contributed by atoms with Crippen LogP contribution in [0.3, 0.4) is 0 Å². The van der Waals surface area contributed by atoms with Gasteiger partial charge in [-0.05, 0) is 121 Å². The van der Waals surface area contributed by atoms with Crippen LogP contribution in [0.1, 0.15) is 140 Å². The number of carbonyl (C=O) groups is 13. The first kappa shape index (κ1) is 87.3. The molecule has 3 aliphatic rings. The molecular weight excluding hydrogens is 1480 g/mol. The Hall–Kier alpha value is -10.3. The Balaban J connectivity index is 1.20. The molecule has 13 atom stereocenters. The molecule has 2 aliphatic heterocycles. The molecule has 2 fully saturated rings. The van der Waals surface area contributed by atoms with Gasteiger partial charge in [-0.2, -0.15) is 23.5 Å². The summed E-state index contributed by atoms with van der Waals surface area (Å²) in [5.74, 6) is -11.9. The van der Waals surface area contributed by atoms with Gasteiger partial charge in [-0.1, -0.05) is 102 Å². The van der Waals surface area contributed by atoms with Crippen LogP contribution in [0.4, 0.5) is 0 Å². The number of aromatic nitrogens is 2. The van der Waals surface area contributed by atoms with E-state index in [4.69, 9.17) is 5.73 Å². The second kappa shape index (κ2) is 41.8. The summed E-state index contributed by atoms with van der Waals surface area (Å²) in [4.78, 5) is 198. The summed E-state index contributed by atoms with van der Waals surface area (Å²) in [6.45, 7) is 8.96. The lowest BCUT2D eigenvalue weighted by Gasteiger charge is -2.33. The van der Waals surface area contributed by atoms with E-state index in [1.165, 1.54) is 92.1 Å². The number of pyridine rings is 1. The largest absolute Gasteiger partial charge is 0.508 e. The van der Waals surface area contributed by atoms with Crippen molar-refractivity contribution in [3.05, 3.63) is 125 Å². The smallest absolute Gasteiger partial charge is 0.245 e. The number of rotatable bonds is 12. The first-order valence-electron chi connectivity index (χ1n) is 37.8. The Kier molecular flexibility index (Phi) is 32.6. The number of hydrogen-bond donors (Lipinski definition) is 18. The van der Waals surface area contributed by atoms with Gasteiger partial charge in [0.15, 0.2) is 0 Å². The molecule has 1 saturated heterocycles. The fraction of sp³-hybridized carbons (Fsp3) is 0.513. The van der Waals surface area contributed by atoms with Gasteiger partial charge in [0.25, 0.3) is 0 Å². The highest BCUT2D eigenvalue weighted by molar-refractivity contribution is 7.98. The Labute approximate surface area is 657 Å². The molecule has 606 valence electrons. The number of hydrogen-bond acceptors (Lipinski definition) is 20. The van der Waals surface area contributed by atoms with E-state index >= 15 is 19.2 Å². The number of carbonyl (C=O) groups excluding carboxylic acids is 13. The predicted molar refractivity (Wildman–Crippen MR) is 418 cm³/mol. The van der Waals surface area contributed by atoms with Crippen LogP contribution in [0.25, 0.3) is 11.0 Å². The van der Waals surface area contributed by atoms with Crippen LogP contribution >= 0.6 is 23.5 Å². The number of aliphatic hydroxyl groups is 2. The van der Waals surface area contributed by atoms with Gasteiger partial charge in [-0.15, -0.1) is 0 Å². The van der Waals surface area contributed by atoms with E-state index in [2.05, 4.69) is 73.8 Å². The maximum Gasteiger partial charge on any atom is 0.245 e. The van der Waals surface area contributed by atoms with Crippen LogP contribution < -0.4 is 69.5 Å². The highest BCUT2D eigenvalue weighted by Gasteiger charge is 2.42. The molecule has 4 bridgehead atoms. The third-order valence-electron chi connectivity index (χ3n) is 19.7. The maximum atomic E-state index is 15.3. The normalized spacial score (nSPS) is 25.4. The number of nitrogens with zero attached hydrogens (tertiary/aromatic N) is 1. The molecule has 4 heterocycles. The van der Waals surface area contributed by atoms with Gasteiger partial charge in [-0.3, -0.25) is 62.3 Å². The summed E-state index contributed by atoms with van der Waals surface area (Å²) in [6, 6.07) is 4.84. The lowest BCUT2D eigenvalue weighted by Crippen LogP contribution is -2.63. The molecule has 19 N–H and O–H groups in total. The zero-order chi connectivity index (χ0) is 81.3. The van der Waals surface area contributed by atoms with Crippen molar-refractivity contribution in [3.63, 3.8) is 0 Å². The number of amides is 13. The van der Waals surface area contributed by atoms with Gasteiger partial charge in [-0.25, -0.2) is 4.98 Å². The van der Waals surface area contributed by atoms with Gasteiger partial charge in [0, 0.05) is 73.0 Å². The highest BCUT2D eigenvalue weighted by atomic mass is 32.2. The number of benzene rings is 3. The fourth-order valence-corrected chi connectivity index (χ4v) is 15.4. The zero-order valence-corrected chi connectivity index (χ0v) is 65.3. The van der Waals surface area contributed by atoms with Crippen molar-refractivity contribution in [2.45, 2.75) is 222 Å². The minimum atomic E-state index is -1.88. The minimum Gasteiger partial charge on any atom is -0.508 e. The summed E-state index contributed by atoms with van der Waals surface area (Å²) in [6.07, 6.45) is 0.551. The Bertz CT molecular complexity index is 4130. The summed E-state index contributed by atoms with van der Waals surface area (Å²) in [7, 11) is 0. The molecule has 13 amide bonds. The monoisotopic (exact) mass is 1590 g/mol. The quantitative estimate of drug-likeness (QED) is 0.0824. The molecule has 3 aromatic carbocycles. The second-order valence-corrected chi connectivity index (χ2v) is 32.0. The summed E-state index contributed by atoms with van der Waals surface area (Å²) in [5.41, 5.74) is 8.27. The molecule has 0 unspecified atom stereocenters. The SMILES string of the molecule is CCC[C@@H]1NC(=O)[C@H](Cc2c[nH]c3ncccc23)NC(=O)[C@H]([C@@H](C)O)NC(=O)[C@@H]2CCCNC(=O)C[C@@H](NC1=O)C(=O)N[C@@H](Cc1ccc(O)cc1)C(=O)N[C@@H](C1CCCCC1)C(=O)N[C@@H]([C@@H](C)O)C(=O)N[C@H](C(N)=O)CSCc1cccc(c1)CSCCC(=O)N[C@@H](C(C)(C)C)C(=O)N[C@@H](Cc1ccc(O)cc1)C(=O)N2. The highest BCUT2D eigenvalue weighted by Crippen LogP contribution is 2.29. The number of H-pyrrole nitrogens is 1. The Morgan fingerprint density at radius 3 is 1.70 bits per heavy atom. The molecule has 1 saturated carbocycles. The van der Waals surface area contributed by atoms with E-state index in [0.29, 0.717) is 70.7 Å². The van der Waals surface area contributed by atoms with E-state index in [1.54, 1.807) is 46.0 Å². The molecule has 0 spiro atoms. The van der Waals surface area contributed by atoms with E-state index in [1.807, 2.05) is 24.3 Å². The van der Waals surface area contributed by atoms with Crippen molar-refractivity contribution in [2.75, 3.05) is 18.1 Å². The van der Waals surface area contributed by atoms with Crippen molar-refractivity contribution < 1.29 is 82.8 Å². The molecule has 8 rings (SSSR count). The molecule has 1 aliphatic carbocycles. The molecule has 5 aromatic rings. The van der Waals surface area contributed by atoms with Crippen molar-refractivity contribution in [1.29, 1.82) is 0 Å². The van der Waals surface area contributed by atoms with Crippen molar-refractivity contribution in [3.8, 4) is 11.5 Å². The topological polar surface area (TPSA) is 502 Å². The van der Waals surface area contributed by atoms with Crippen LogP contribution in [0.5, 0.6) is 11.5 Å². The molecule has 112 heavy (non-hydrogen) atoms. The fourth-order valence-electron chi connectivity index (χ4n) is 13.4. The first-order chi connectivity index (χ1) is 53.3. The number of phenolic OH excluding ortho intramolecular Hbond substituents is 2. The number of aliphatic hydroxyl groups excluding tert-OH is 2. The van der Waals surface area contributed by atoms with Gasteiger partial charge in [0.2, 0.25) is 76.8 Å². The Morgan fingerprint density at radius 1 is 0.554 bits per heavy atom. The van der Waals surface area contributed by atoms with Crippen LogP contribution in [0, 0.1) is 11.3 Å². The van der Waals surface area contributed by atoms with Crippen LogP contribution in [0.2, 0.25) is 0 Å². The number of nitrogens with one attached hydrogen (secondary N) is 13. The average Bonchev–Trinajstić information content (AvgIpc) is 1.41. The zero-order valence-electron chi connectivity index (χ0n) is 63.7. The number of fused-ring (bicyclic) bond motifs is 10. The lowest BCUT2D eigenvalue weighted by molar-refractivity contribution is -0.138. The van der Waals surface area contributed by atoms with Gasteiger partial charge >= 0.3 is 0 Å². The van der Waals surface area contributed by atoms with Crippen molar-refractivity contribution in [2.24, 2.45) is 17.1 Å². The van der Waals surface area contributed by atoms with Crippen molar-refractivity contribution in [1.82, 2.24) is 73.8 Å². The summed E-state index contributed by atoms with van der Waals surface area (Å²) >= 11 is 2.71. The molecule has 0 radical (unpaired) electrons. The third-order valence-corrected chi connectivity index (χ3v) is 21.8. The van der Waals surface area contributed by atoms with Gasteiger partial charge in [0.1, 0.15) is 83.6 Å². The molecule has 34 heteroatoms. The van der Waals surface area contributed by atoms with Crippen LogP contribution in [-0.4, -0.2) is 204 Å². The number of primary amides is 1. The van der Waals surface area contributed by atoms with Crippen LogP contribution in [0.15, 0.2) is 97.3 Å². The van der Waals surface area contributed by atoms with Crippen molar-refractivity contribution >= 4 is 111 Å². The molecular formula is C78H105N15O17S2. The van der Waals surface area contributed by atoms with E-state index in [9.17, 15) is 63.6 Å². The summed E-state index contributed by atoms with van der Waals surface area (Å²) < 4.78 is 0. The number of aromatic amines is 1. The van der Waals surface area contributed by atoms with Gasteiger partial charge in [0.05, 0.1) is 18.6 Å². The molecule has 2 aromatic heterocycles. The first-order valence-corrected chi connectivity index (χ1v) is 40.1.